The maximum atomic E-state index is 10.5. The Balaban J connectivity index is 1.11. The molecule has 0 atom stereocenters. The van der Waals surface area contributed by atoms with Crippen molar-refractivity contribution in [3.05, 3.63) is 253 Å². The average molecular weight is 920 g/mol. The van der Waals surface area contributed by atoms with E-state index >= 15 is 0 Å². The highest BCUT2D eigenvalue weighted by molar-refractivity contribution is 6.12. The van der Waals surface area contributed by atoms with Crippen LogP contribution in [0.5, 0.6) is 0 Å². The Hall–Kier alpha value is -9.50. The molecule has 1 aliphatic carbocycles. The first kappa shape index (κ1) is 42.6. The van der Waals surface area contributed by atoms with E-state index < -0.39 is 0 Å². The van der Waals surface area contributed by atoms with Gasteiger partial charge in [0, 0.05) is 38.6 Å². The zero-order valence-corrected chi connectivity index (χ0v) is 39.8. The Labute approximate surface area is 418 Å². The van der Waals surface area contributed by atoms with Crippen LogP contribution in [0.25, 0.3) is 117 Å². The Morgan fingerprint density at radius 2 is 0.819 bits per heavy atom. The van der Waals surface area contributed by atoms with Gasteiger partial charge in [-0.3, -0.25) is 0 Å². The lowest BCUT2D eigenvalue weighted by Gasteiger charge is -2.22. The summed E-state index contributed by atoms with van der Waals surface area (Å²) < 4.78 is 2.43. The molecule has 0 aliphatic heterocycles. The van der Waals surface area contributed by atoms with E-state index in [9.17, 15) is 5.26 Å². The molecule has 12 aromatic rings. The van der Waals surface area contributed by atoms with Crippen LogP contribution in [0.15, 0.2) is 237 Å². The highest BCUT2D eigenvalue weighted by atomic mass is 15.0. The van der Waals surface area contributed by atoms with Gasteiger partial charge in [-0.05, 0) is 127 Å². The molecule has 5 heteroatoms. The predicted octanol–water partition coefficient (Wildman–Crippen LogP) is 16.8. The lowest BCUT2D eigenvalue weighted by Crippen LogP contribution is -2.15. The molecule has 0 N–H and O–H groups in total. The van der Waals surface area contributed by atoms with Gasteiger partial charge in [0.15, 0.2) is 17.5 Å². The first-order valence-corrected chi connectivity index (χ1v) is 24.4. The molecule has 0 unspecified atom stereocenters. The molecule has 2 heterocycles. The third-order valence-electron chi connectivity index (χ3n) is 14.4. The van der Waals surface area contributed by atoms with Crippen molar-refractivity contribution in [1.29, 1.82) is 5.26 Å². The second-order valence-corrected chi connectivity index (χ2v) is 19.2. The first-order chi connectivity index (χ1) is 35.4. The number of nitrogens with zero attached hydrogens (tertiary/aromatic N) is 5. The van der Waals surface area contributed by atoms with Crippen molar-refractivity contribution in [2.45, 2.75) is 19.3 Å². The number of nitriles is 1. The summed E-state index contributed by atoms with van der Waals surface area (Å²) in [5.41, 5.74) is 19.6. The molecule has 0 amide bonds. The molecule has 13 rings (SSSR count). The van der Waals surface area contributed by atoms with Crippen LogP contribution in [-0.4, -0.2) is 19.5 Å². The molecule has 0 saturated carbocycles. The van der Waals surface area contributed by atoms with Crippen LogP contribution in [0.3, 0.4) is 0 Å². The van der Waals surface area contributed by atoms with Crippen molar-refractivity contribution in [1.82, 2.24) is 19.5 Å². The molecular weight excluding hydrogens is 875 g/mol. The molecule has 0 radical (unpaired) electrons. The topological polar surface area (TPSA) is 67.4 Å². The highest BCUT2D eigenvalue weighted by Gasteiger charge is 2.36. The zero-order valence-electron chi connectivity index (χ0n) is 39.8. The van der Waals surface area contributed by atoms with Gasteiger partial charge in [0.2, 0.25) is 0 Å². The minimum Gasteiger partial charge on any atom is -0.309 e. The molecule has 10 aromatic carbocycles. The number of hydrogen-bond donors (Lipinski definition) is 0. The van der Waals surface area contributed by atoms with Crippen molar-refractivity contribution in [3.8, 4) is 102 Å². The molecule has 0 saturated heterocycles. The monoisotopic (exact) mass is 919 g/mol. The van der Waals surface area contributed by atoms with Crippen LogP contribution >= 0.6 is 0 Å². The molecule has 0 spiro atoms. The number of aromatic nitrogens is 4. The molecule has 1 aliphatic rings. The van der Waals surface area contributed by atoms with Crippen LogP contribution in [-0.2, 0) is 5.41 Å². The van der Waals surface area contributed by atoms with Crippen molar-refractivity contribution < 1.29 is 0 Å². The van der Waals surface area contributed by atoms with Gasteiger partial charge < -0.3 is 4.57 Å². The quantitative estimate of drug-likeness (QED) is 0.152. The van der Waals surface area contributed by atoms with Gasteiger partial charge >= 0.3 is 0 Å². The summed E-state index contributed by atoms with van der Waals surface area (Å²) in [6.45, 7) is 4.68. The van der Waals surface area contributed by atoms with Crippen LogP contribution in [0.1, 0.15) is 30.5 Å². The Morgan fingerprint density at radius 3 is 1.49 bits per heavy atom. The molecular formula is C67H45N5. The number of hydrogen-bond acceptors (Lipinski definition) is 4. The normalized spacial score (nSPS) is 12.4. The van der Waals surface area contributed by atoms with Crippen molar-refractivity contribution >= 4 is 21.8 Å². The van der Waals surface area contributed by atoms with E-state index in [-0.39, 0.29) is 5.41 Å². The summed E-state index contributed by atoms with van der Waals surface area (Å²) in [5, 5.41) is 12.9. The minimum atomic E-state index is -0.220. The van der Waals surface area contributed by atoms with E-state index in [1.807, 2.05) is 66.7 Å². The van der Waals surface area contributed by atoms with E-state index in [2.05, 4.69) is 194 Å². The SMILES string of the molecule is CC1(C)c2ccccc2-c2cc3c4ccc(-c5ccccc5)cc4n(-c4cc(-c5cc(C#N)cc(-c6ccccc6)c5)cc(-c5nc(-c6ccccc6)nc(-c6cccc(-c7ccccc7)c6)n5)c4)c3cc21. The van der Waals surface area contributed by atoms with Gasteiger partial charge in [-0.25, -0.2) is 15.0 Å². The largest absolute Gasteiger partial charge is 0.309 e. The van der Waals surface area contributed by atoms with Gasteiger partial charge in [-0.2, -0.15) is 5.26 Å². The minimum absolute atomic E-state index is 0.220. The standard InChI is InChI=1S/C67H45N5/c1-67(2)60-29-16-15-28-56(60)58-40-59-57-31-30-49(45-20-9-4-10-21-45)39-62(57)72(63(59)41-61(58)67)55-37-53(52-33-43(42-68)32-51(35-52)46-22-11-5-12-23-46)36-54(38-55)66-70-64(47-24-13-6-14-25-47)69-65(71-66)50-27-17-26-48(34-50)44-18-7-3-8-19-44/h3-41H,1-2H3. The molecule has 338 valence electrons. The third kappa shape index (κ3) is 7.37. The smallest absolute Gasteiger partial charge is 0.164 e. The average Bonchev–Trinajstić information content (AvgIpc) is 3.89. The van der Waals surface area contributed by atoms with Crippen molar-refractivity contribution in [2.24, 2.45) is 0 Å². The number of fused-ring (bicyclic) bond motifs is 6. The predicted molar refractivity (Wildman–Crippen MR) is 294 cm³/mol. The summed E-state index contributed by atoms with van der Waals surface area (Å²) >= 11 is 0. The lowest BCUT2D eigenvalue weighted by atomic mass is 9.82. The molecule has 5 nitrogen and oxygen atoms in total. The highest BCUT2D eigenvalue weighted by Crippen LogP contribution is 2.51. The maximum absolute atomic E-state index is 10.5. The summed E-state index contributed by atoms with van der Waals surface area (Å²) in [6, 6.07) is 85.7. The molecule has 72 heavy (non-hydrogen) atoms. The van der Waals surface area contributed by atoms with Gasteiger partial charge in [0.05, 0.1) is 22.7 Å². The molecule has 0 fully saturated rings. The van der Waals surface area contributed by atoms with Gasteiger partial charge in [-0.15, -0.1) is 0 Å². The third-order valence-corrected chi connectivity index (χ3v) is 14.4. The van der Waals surface area contributed by atoms with Crippen molar-refractivity contribution in [3.63, 3.8) is 0 Å². The second-order valence-electron chi connectivity index (χ2n) is 19.2. The maximum Gasteiger partial charge on any atom is 0.164 e. The van der Waals surface area contributed by atoms with Crippen LogP contribution < -0.4 is 0 Å². The lowest BCUT2D eigenvalue weighted by molar-refractivity contribution is 0.661. The second kappa shape index (κ2) is 17.2. The van der Waals surface area contributed by atoms with E-state index in [1.54, 1.807) is 0 Å². The molecule has 2 aromatic heterocycles. The van der Waals surface area contributed by atoms with Crippen LogP contribution in [0.2, 0.25) is 0 Å². The van der Waals surface area contributed by atoms with Crippen LogP contribution in [0.4, 0.5) is 0 Å². The van der Waals surface area contributed by atoms with Gasteiger partial charge in [-0.1, -0.05) is 190 Å². The Morgan fingerprint density at radius 1 is 0.347 bits per heavy atom. The van der Waals surface area contributed by atoms with Gasteiger partial charge in [0.1, 0.15) is 0 Å². The zero-order chi connectivity index (χ0) is 48.3. The van der Waals surface area contributed by atoms with E-state index in [0.29, 0.717) is 23.0 Å². The molecule has 0 bridgehead atoms. The fourth-order valence-electron chi connectivity index (χ4n) is 10.8. The van der Waals surface area contributed by atoms with Crippen molar-refractivity contribution in [2.75, 3.05) is 0 Å². The first-order valence-electron chi connectivity index (χ1n) is 24.4. The Bertz CT molecular complexity index is 4110. The summed E-state index contributed by atoms with van der Waals surface area (Å²) in [7, 11) is 0. The Kier molecular flexibility index (Phi) is 10.2. The number of benzene rings is 10. The fraction of sp³-hybridized carbons (Fsp3) is 0.0448. The van der Waals surface area contributed by atoms with Gasteiger partial charge in [0.25, 0.3) is 0 Å². The van der Waals surface area contributed by atoms with E-state index in [4.69, 9.17) is 15.0 Å². The summed E-state index contributed by atoms with van der Waals surface area (Å²) in [4.78, 5) is 15.9. The van der Waals surface area contributed by atoms with E-state index in [0.717, 1.165) is 83.3 Å². The fourth-order valence-corrected chi connectivity index (χ4v) is 10.8. The van der Waals surface area contributed by atoms with E-state index in [1.165, 1.54) is 27.6 Å². The van der Waals surface area contributed by atoms with Crippen LogP contribution in [0, 0.1) is 11.3 Å². The summed E-state index contributed by atoms with van der Waals surface area (Å²) in [6.07, 6.45) is 0. The number of rotatable bonds is 8. The summed E-state index contributed by atoms with van der Waals surface area (Å²) in [5.74, 6) is 1.69.